The Kier molecular flexibility index (Phi) is 5.80. The number of carbonyl (C=O) groups is 1. The predicted octanol–water partition coefficient (Wildman–Crippen LogP) is 3.97. The van der Waals surface area contributed by atoms with Crippen LogP contribution in [0.5, 0.6) is 11.5 Å². The number of carbonyl (C=O) groups excluding carboxylic acids is 1. The number of aryl methyl sites for hydroxylation is 1. The summed E-state index contributed by atoms with van der Waals surface area (Å²) in [6.07, 6.45) is 1.09. The van der Waals surface area contributed by atoms with Crippen molar-refractivity contribution in [2.75, 3.05) is 11.9 Å². The van der Waals surface area contributed by atoms with Gasteiger partial charge in [-0.1, -0.05) is 24.8 Å². The van der Waals surface area contributed by atoms with Crippen LogP contribution >= 0.6 is 0 Å². The smallest absolute Gasteiger partial charge is 0.265 e. The summed E-state index contributed by atoms with van der Waals surface area (Å²) >= 11 is 0. The number of hydrogen-bond donors (Lipinski definition) is 1. The molecule has 0 spiro atoms. The van der Waals surface area contributed by atoms with Crippen molar-refractivity contribution >= 4 is 11.6 Å². The zero-order valence-electron chi connectivity index (χ0n) is 13.4. The van der Waals surface area contributed by atoms with Crippen LogP contribution in [0.3, 0.4) is 0 Å². The summed E-state index contributed by atoms with van der Waals surface area (Å²) in [6, 6.07) is 14.8. The fourth-order valence-corrected chi connectivity index (χ4v) is 1.98. The van der Waals surface area contributed by atoms with E-state index in [-0.39, 0.29) is 5.91 Å². The van der Waals surface area contributed by atoms with Gasteiger partial charge in [0.2, 0.25) is 0 Å². The van der Waals surface area contributed by atoms with Gasteiger partial charge in [0.05, 0.1) is 0 Å². The highest BCUT2D eigenvalue weighted by Gasteiger charge is 2.14. The molecule has 0 aromatic heterocycles. The Bertz CT molecular complexity index is 665. The monoisotopic (exact) mass is 311 g/mol. The van der Waals surface area contributed by atoms with Gasteiger partial charge in [-0.15, -0.1) is 0 Å². The van der Waals surface area contributed by atoms with Gasteiger partial charge in [0, 0.05) is 5.69 Å². The molecular formula is C19H21NO3. The zero-order chi connectivity index (χ0) is 16.7. The summed E-state index contributed by atoms with van der Waals surface area (Å²) in [7, 11) is 0. The Morgan fingerprint density at radius 1 is 1.22 bits per heavy atom. The highest BCUT2D eigenvalue weighted by molar-refractivity contribution is 5.94. The maximum atomic E-state index is 12.2. The third-order valence-corrected chi connectivity index (χ3v) is 3.16. The van der Waals surface area contributed by atoms with Crippen LogP contribution in [0.2, 0.25) is 0 Å². The van der Waals surface area contributed by atoms with Gasteiger partial charge in [-0.05, 0) is 55.8 Å². The molecule has 4 nitrogen and oxygen atoms in total. The molecule has 0 unspecified atom stereocenters. The highest BCUT2D eigenvalue weighted by Crippen LogP contribution is 2.17. The Morgan fingerprint density at radius 3 is 2.61 bits per heavy atom. The van der Waals surface area contributed by atoms with Crippen LogP contribution < -0.4 is 14.8 Å². The first-order chi connectivity index (χ1) is 11.1. The first-order valence-corrected chi connectivity index (χ1v) is 7.46. The molecule has 1 N–H and O–H groups in total. The van der Waals surface area contributed by atoms with Crippen molar-refractivity contribution < 1.29 is 14.3 Å². The SMILES string of the molecule is C=CCOc1ccc(NC(=O)[C@@H](C)Oc2cccc(C)c2)cc1. The number of ether oxygens (including phenoxy) is 2. The second-order valence-corrected chi connectivity index (χ2v) is 5.19. The van der Waals surface area contributed by atoms with Gasteiger partial charge in [0.1, 0.15) is 18.1 Å². The van der Waals surface area contributed by atoms with Gasteiger partial charge in [0.25, 0.3) is 5.91 Å². The normalized spacial score (nSPS) is 11.4. The van der Waals surface area contributed by atoms with Crippen LogP contribution in [0.4, 0.5) is 5.69 Å². The van der Waals surface area contributed by atoms with E-state index in [1.54, 1.807) is 37.3 Å². The molecule has 1 amide bonds. The third kappa shape index (κ3) is 5.18. The Labute approximate surface area is 136 Å². The first-order valence-electron chi connectivity index (χ1n) is 7.46. The molecule has 0 saturated heterocycles. The van der Waals surface area contributed by atoms with Crippen molar-refractivity contribution in [1.82, 2.24) is 0 Å². The molecule has 120 valence electrons. The Morgan fingerprint density at radius 2 is 1.96 bits per heavy atom. The molecule has 0 bridgehead atoms. The van der Waals surface area contributed by atoms with E-state index >= 15 is 0 Å². The van der Waals surface area contributed by atoms with Crippen LogP contribution in [-0.4, -0.2) is 18.6 Å². The summed E-state index contributed by atoms with van der Waals surface area (Å²) in [5.74, 6) is 1.21. The fraction of sp³-hybridized carbons (Fsp3) is 0.211. The van der Waals surface area contributed by atoms with Gasteiger partial charge in [0.15, 0.2) is 6.10 Å². The lowest BCUT2D eigenvalue weighted by Crippen LogP contribution is -2.30. The molecule has 2 aromatic carbocycles. The van der Waals surface area contributed by atoms with E-state index in [1.165, 1.54) is 0 Å². The molecule has 0 fully saturated rings. The molecule has 0 saturated carbocycles. The molecule has 0 heterocycles. The van der Waals surface area contributed by atoms with E-state index in [0.717, 1.165) is 11.3 Å². The summed E-state index contributed by atoms with van der Waals surface area (Å²) in [5, 5.41) is 2.82. The average Bonchev–Trinajstić information content (AvgIpc) is 2.54. The van der Waals surface area contributed by atoms with Crippen molar-refractivity contribution in [3.8, 4) is 11.5 Å². The van der Waals surface area contributed by atoms with Crippen LogP contribution in [-0.2, 0) is 4.79 Å². The van der Waals surface area contributed by atoms with Crippen LogP contribution in [0, 0.1) is 6.92 Å². The van der Waals surface area contributed by atoms with Gasteiger partial charge >= 0.3 is 0 Å². The molecular weight excluding hydrogens is 290 g/mol. The topological polar surface area (TPSA) is 47.6 Å². The summed E-state index contributed by atoms with van der Waals surface area (Å²) < 4.78 is 11.1. The number of amides is 1. The molecule has 0 aliphatic rings. The third-order valence-electron chi connectivity index (χ3n) is 3.16. The van der Waals surface area contributed by atoms with Crippen molar-refractivity contribution in [2.24, 2.45) is 0 Å². The minimum absolute atomic E-state index is 0.203. The number of hydrogen-bond acceptors (Lipinski definition) is 3. The molecule has 0 aliphatic carbocycles. The molecule has 0 radical (unpaired) electrons. The van der Waals surface area contributed by atoms with Crippen molar-refractivity contribution in [3.05, 3.63) is 66.7 Å². The van der Waals surface area contributed by atoms with Crippen molar-refractivity contribution in [1.29, 1.82) is 0 Å². The molecule has 4 heteroatoms. The van der Waals surface area contributed by atoms with E-state index in [4.69, 9.17) is 9.47 Å². The molecule has 1 atom stereocenters. The largest absolute Gasteiger partial charge is 0.490 e. The van der Waals surface area contributed by atoms with Gasteiger partial charge in [-0.25, -0.2) is 0 Å². The molecule has 2 rings (SSSR count). The molecule has 23 heavy (non-hydrogen) atoms. The summed E-state index contributed by atoms with van der Waals surface area (Å²) in [4.78, 5) is 12.2. The molecule has 2 aromatic rings. The maximum Gasteiger partial charge on any atom is 0.265 e. The van der Waals surface area contributed by atoms with Gasteiger partial charge < -0.3 is 14.8 Å². The first kappa shape index (κ1) is 16.6. The van der Waals surface area contributed by atoms with Gasteiger partial charge in [-0.3, -0.25) is 4.79 Å². The highest BCUT2D eigenvalue weighted by atomic mass is 16.5. The van der Waals surface area contributed by atoms with E-state index < -0.39 is 6.10 Å². The number of nitrogens with one attached hydrogen (secondary N) is 1. The second kappa shape index (κ2) is 8.03. The standard InChI is InChI=1S/C19H21NO3/c1-4-12-22-17-10-8-16(9-11-17)20-19(21)15(3)23-18-7-5-6-14(2)13-18/h4-11,13,15H,1,12H2,2-3H3,(H,20,21)/t15-/m1/s1. The van der Waals surface area contributed by atoms with E-state index in [2.05, 4.69) is 11.9 Å². The zero-order valence-corrected chi connectivity index (χ0v) is 13.4. The average molecular weight is 311 g/mol. The van der Waals surface area contributed by atoms with Crippen LogP contribution in [0.1, 0.15) is 12.5 Å². The second-order valence-electron chi connectivity index (χ2n) is 5.19. The number of benzene rings is 2. The lowest BCUT2D eigenvalue weighted by molar-refractivity contribution is -0.122. The Balaban J connectivity index is 1.91. The van der Waals surface area contributed by atoms with Crippen molar-refractivity contribution in [3.63, 3.8) is 0 Å². The minimum atomic E-state index is -0.589. The van der Waals surface area contributed by atoms with E-state index in [0.29, 0.717) is 18.0 Å². The van der Waals surface area contributed by atoms with Crippen LogP contribution in [0.15, 0.2) is 61.2 Å². The quantitative estimate of drug-likeness (QED) is 0.787. The van der Waals surface area contributed by atoms with Crippen LogP contribution in [0.25, 0.3) is 0 Å². The number of anilines is 1. The Hall–Kier alpha value is -2.75. The lowest BCUT2D eigenvalue weighted by Gasteiger charge is -2.15. The van der Waals surface area contributed by atoms with E-state index in [1.807, 2.05) is 31.2 Å². The van der Waals surface area contributed by atoms with Crippen molar-refractivity contribution in [2.45, 2.75) is 20.0 Å². The molecule has 0 aliphatic heterocycles. The minimum Gasteiger partial charge on any atom is -0.490 e. The fourth-order valence-electron chi connectivity index (χ4n) is 1.98. The number of rotatable bonds is 7. The summed E-state index contributed by atoms with van der Waals surface area (Å²) in [5.41, 5.74) is 1.78. The van der Waals surface area contributed by atoms with E-state index in [9.17, 15) is 4.79 Å². The van der Waals surface area contributed by atoms with Gasteiger partial charge in [-0.2, -0.15) is 0 Å². The summed E-state index contributed by atoms with van der Waals surface area (Å²) in [6.45, 7) is 7.75. The lowest BCUT2D eigenvalue weighted by atomic mass is 10.2. The predicted molar refractivity (Wildman–Crippen MR) is 92.0 cm³/mol. The maximum absolute atomic E-state index is 12.2.